The van der Waals surface area contributed by atoms with Crippen molar-refractivity contribution < 1.29 is 24.6 Å². The minimum absolute atomic E-state index is 0.374. The highest BCUT2D eigenvalue weighted by Gasteiger charge is 2.22. The summed E-state index contributed by atoms with van der Waals surface area (Å²) < 4.78 is 0. The summed E-state index contributed by atoms with van der Waals surface area (Å²) in [7, 11) is 1.52. The summed E-state index contributed by atoms with van der Waals surface area (Å²) in [5.74, 6) is -2.50. The van der Waals surface area contributed by atoms with E-state index in [4.69, 9.17) is 10.2 Å². The maximum Gasteiger partial charge on any atom is 0.323 e. The molecule has 7 heteroatoms. The van der Waals surface area contributed by atoms with Crippen LogP contribution in [0, 0.1) is 0 Å². The fourth-order valence-electron chi connectivity index (χ4n) is 1.80. The van der Waals surface area contributed by atoms with Crippen LogP contribution in [0.25, 0.3) is 0 Å². The van der Waals surface area contributed by atoms with Crippen LogP contribution in [-0.2, 0) is 16.0 Å². The fraction of sp³-hybridized carbons (Fsp3) is 0.357. The van der Waals surface area contributed by atoms with Gasteiger partial charge in [0.2, 0.25) is 0 Å². The summed E-state index contributed by atoms with van der Waals surface area (Å²) in [6.07, 6.45) is 0.608. The van der Waals surface area contributed by atoms with Gasteiger partial charge in [0.25, 0.3) is 0 Å². The highest BCUT2D eigenvalue weighted by atomic mass is 16.4. The van der Waals surface area contributed by atoms with Gasteiger partial charge in [0.15, 0.2) is 0 Å². The van der Waals surface area contributed by atoms with Gasteiger partial charge in [-0.15, -0.1) is 0 Å². The lowest BCUT2D eigenvalue weighted by atomic mass is 10.1. The number of aliphatic carboxylic acids is 2. The molecule has 0 radical (unpaired) electrons. The Kier molecular flexibility index (Phi) is 6.19. The summed E-state index contributed by atoms with van der Waals surface area (Å²) in [5.41, 5.74) is 1.04. The molecule has 0 aromatic heterocycles. The topological polar surface area (TPSA) is 98.2 Å². The van der Waals surface area contributed by atoms with Crippen LogP contribution in [-0.4, -0.2) is 64.7 Å². The lowest BCUT2D eigenvalue weighted by Gasteiger charge is -2.25. The van der Waals surface area contributed by atoms with Gasteiger partial charge in [0.05, 0.1) is 0 Å². The number of nitrogens with zero attached hydrogens (tertiary/aromatic N) is 2. The molecule has 0 spiro atoms. The number of amides is 2. The average Bonchev–Trinajstić information content (AvgIpc) is 2.43. The largest absolute Gasteiger partial charge is 0.480 e. The fourth-order valence-corrected chi connectivity index (χ4v) is 1.80. The van der Waals surface area contributed by atoms with E-state index in [1.807, 2.05) is 30.3 Å². The number of carboxylic acids is 2. The second-order valence-electron chi connectivity index (χ2n) is 4.58. The van der Waals surface area contributed by atoms with E-state index in [1.54, 1.807) is 0 Å². The number of carboxylic acid groups (broad SMARTS) is 2. The molecule has 114 valence electrons. The molecule has 0 fully saturated rings. The number of rotatable bonds is 7. The second-order valence-corrected chi connectivity index (χ2v) is 4.58. The van der Waals surface area contributed by atoms with E-state index in [0.29, 0.717) is 13.0 Å². The molecule has 0 bridgehead atoms. The molecule has 0 saturated heterocycles. The lowest BCUT2D eigenvalue weighted by molar-refractivity contribution is -0.140. The zero-order chi connectivity index (χ0) is 15.8. The van der Waals surface area contributed by atoms with E-state index >= 15 is 0 Å². The number of urea groups is 1. The van der Waals surface area contributed by atoms with E-state index in [-0.39, 0.29) is 0 Å². The minimum atomic E-state index is -1.25. The molecule has 0 atom stereocenters. The Morgan fingerprint density at radius 1 is 1.00 bits per heavy atom. The molecule has 1 aromatic rings. The van der Waals surface area contributed by atoms with Gasteiger partial charge in [-0.1, -0.05) is 30.3 Å². The first-order chi connectivity index (χ1) is 9.90. The molecule has 0 aliphatic heterocycles. The van der Waals surface area contributed by atoms with Gasteiger partial charge in [-0.25, -0.2) is 4.79 Å². The van der Waals surface area contributed by atoms with Crippen LogP contribution in [0.15, 0.2) is 30.3 Å². The van der Waals surface area contributed by atoms with Gasteiger partial charge in [-0.2, -0.15) is 0 Å². The van der Waals surface area contributed by atoms with Crippen LogP contribution in [0.3, 0.4) is 0 Å². The molecule has 7 nitrogen and oxygen atoms in total. The summed E-state index contributed by atoms with van der Waals surface area (Å²) in [6, 6.07) is 8.89. The molecule has 1 rings (SSSR count). The molecule has 0 saturated carbocycles. The molecule has 0 aliphatic rings. The number of hydrogen-bond acceptors (Lipinski definition) is 3. The number of benzene rings is 1. The third kappa shape index (κ3) is 5.94. The molecule has 0 aliphatic carbocycles. The highest BCUT2D eigenvalue weighted by molar-refractivity contribution is 5.84. The van der Waals surface area contributed by atoms with E-state index in [0.717, 1.165) is 10.5 Å². The molecule has 2 N–H and O–H groups in total. The molecular formula is C14H18N2O5. The van der Waals surface area contributed by atoms with E-state index in [2.05, 4.69) is 0 Å². The van der Waals surface area contributed by atoms with Crippen molar-refractivity contribution >= 4 is 18.0 Å². The van der Waals surface area contributed by atoms with Crippen molar-refractivity contribution in [1.82, 2.24) is 9.80 Å². The first-order valence-corrected chi connectivity index (χ1v) is 6.37. The normalized spacial score (nSPS) is 9.95. The second kappa shape index (κ2) is 7.88. The number of carbonyl (C=O) groups is 3. The third-order valence-corrected chi connectivity index (χ3v) is 2.83. The Bertz CT molecular complexity index is 487. The summed E-state index contributed by atoms with van der Waals surface area (Å²) >= 11 is 0. The Balaban J connectivity index is 2.60. The number of likely N-dealkylation sites (N-methyl/N-ethyl adjacent to an activating group) is 1. The van der Waals surface area contributed by atoms with Crippen molar-refractivity contribution in [3.63, 3.8) is 0 Å². The third-order valence-electron chi connectivity index (χ3n) is 2.83. The van der Waals surface area contributed by atoms with Crippen molar-refractivity contribution in [2.24, 2.45) is 0 Å². The van der Waals surface area contributed by atoms with Crippen LogP contribution in [0.2, 0.25) is 0 Å². The first-order valence-electron chi connectivity index (χ1n) is 6.37. The van der Waals surface area contributed by atoms with Gasteiger partial charge < -0.3 is 20.0 Å². The zero-order valence-corrected chi connectivity index (χ0v) is 11.7. The molecule has 0 heterocycles. The lowest BCUT2D eigenvalue weighted by Crippen LogP contribution is -2.46. The van der Waals surface area contributed by atoms with Crippen molar-refractivity contribution in [2.45, 2.75) is 6.42 Å². The molecule has 0 unspecified atom stereocenters. The standard InChI is InChI=1S/C14H18N2O5/c1-15(8-7-11-5-3-2-4-6-11)14(21)16(9-12(17)18)10-13(19)20/h2-6H,7-10H2,1H3,(H,17,18)(H,19,20). The smallest absolute Gasteiger partial charge is 0.323 e. The number of hydrogen-bond donors (Lipinski definition) is 2. The van der Waals surface area contributed by atoms with Gasteiger partial charge in [-0.3, -0.25) is 9.59 Å². The van der Waals surface area contributed by atoms with Gasteiger partial charge in [0, 0.05) is 13.6 Å². The predicted molar refractivity (Wildman–Crippen MR) is 75.0 cm³/mol. The maximum absolute atomic E-state index is 12.1. The Hall–Kier alpha value is -2.57. The summed E-state index contributed by atoms with van der Waals surface area (Å²) in [4.78, 5) is 35.6. The number of carbonyl (C=O) groups excluding carboxylic acids is 1. The van der Waals surface area contributed by atoms with Crippen LogP contribution in [0.1, 0.15) is 5.56 Å². The monoisotopic (exact) mass is 294 g/mol. The van der Waals surface area contributed by atoms with Crippen molar-refractivity contribution in [3.8, 4) is 0 Å². The Morgan fingerprint density at radius 2 is 1.52 bits per heavy atom. The quantitative estimate of drug-likeness (QED) is 0.773. The summed E-state index contributed by atoms with van der Waals surface area (Å²) in [6.45, 7) is -0.903. The maximum atomic E-state index is 12.1. The average molecular weight is 294 g/mol. The van der Waals surface area contributed by atoms with Crippen molar-refractivity contribution in [1.29, 1.82) is 0 Å². The van der Waals surface area contributed by atoms with Crippen LogP contribution >= 0.6 is 0 Å². The SMILES string of the molecule is CN(CCc1ccccc1)C(=O)N(CC(=O)O)CC(=O)O. The molecular weight excluding hydrogens is 276 g/mol. The van der Waals surface area contributed by atoms with Gasteiger partial charge in [-0.05, 0) is 12.0 Å². The van der Waals surface area contributed by atoms with Crippen LogP contribution in [0.4, 0.5) is 4.79 Å². The highest BCUT2D eigenvalue weighted by Crippen LogP contribution is 2.03. The van der Waals surface area contributed by atoms with Crippen molar-refractivity contribution in [2.75, 3.05) is 26.7 Å². The molecule has 1 aromatic carbocycles. The van der Waals surface area contributed by atoms with Crippen LogP contribution in [0.5, 0.6) is 0 Å². The van der Waals surface area contributed by atoms with Gasteiger partial charge >= 0.3 is 18.0 Å². The van der Waals surface area contributed by atoms with Crippen molar-refractivity contribution in [3.05, 3.63) is 35.9 Å². The predicted octanol–water partition coefficient (Wildman–Crippen LogP) is 0.752. The summed E-state index contributed by atoms with van der Waals surface area (Å²) in [5, 5.41) is 17.5. The van der Waals surface area contributed by atoms with E-state index in [9.17, 15) is 14.4 Å². The zero-order valence-electron chi connectivity index (χ0n) is 11.7. The van der Waals surface area contributed by atoms with E-state index in [1.165, 1.54) is 11.9 Å². The molecule has 21 heavy (non-hydrogen) atoms. The Labute approximate surface area is 122 Å². The Morgan fingerprint density at radius 3 is 2.00 bits per heavy atom. The minimum Gasteiger partial charge on any atom is -0.480 e. The van der Waals surface area contributed by atoms with E-state index < -0.39 is 31.1 Å². The van der Waals surface area contributed by atoms with Gasteiger partial charge in [0.1, 0.15) is 13.1 Å². The van der Waals surface area contributed by atoms with Crippen LogP contribution < -0.4 is 0 Å². The first kappa shape index (κ1) is 16.5. The molecule has 2 amide bonds.